The van der Waals surface area contributed by atoms with Gasteiger partial charge in [0.2, 0.25) is 15.9 Å². The number of aryl methyl sites for hydroxylation is 1. The van der Waals surface area contributed by atoms with Crippen LogP contribution < -0.4 is 10.5 Å². The van der Waals surface area contributed by atoms with Crippen molar-refractivity contribution in [1.82, 2.24) is 14.2 Å². The topological polar surface area (TPSA) is 128 Å². The van der Waals surface area contributed by atoms with Gasteiger partial charge in [0.25, 0.3) is 0 Å². The van der Waals surface area contributed by atoms with Gasteiger partial charge in [0.1, 0.15) is 6.04 Å². The fourth-order valence-corrected chi connectivity index (χ4v) is 5.59. The van der Waals surface area contributed by atoms with Gasteiger partial charge in [-0.2, -0.15) is 4.72 Å². The van der Waals surface area contributed by atoms with Crippen molar-refractivity contribution in [2.24, 2.45) is 13.0 Å². The maximum atomic E-state index is 13.5. The third-order valence-corrected chi connectivity index (χ3v) is 7.85. The van der Waals surface area contributed by atoms with E-state index in [0.29, 0.717) is 38.1 Å². The van der Waals surface area contributed by atoms with Crippen LogP contribution >= 0.6 is 0 Å². The van der Waals surface area contributed by atoms with E-state index in [0.717, 1.165) is 5.56 Å². The van der Waals surface area contributed by atoms with E-state index in [1.165, 1.54) is 29.8 Å². The summed E-state index contributed by atoms with van der Waals surface area (Å²) < 4.78 is 40.7. The highest BCUT2D eigenvalue weighted by atomic mass is 32.2. The standard InChI is InChI=1S/C25H29N3O7S/c1-3-34-24(30)18-11-13-28(14-12-18)23(29)20(15-17-7-5-4-6-8-17)26-36(32,33)19-9-10-21-22(16-19)35-25(31)27(21)2/h4-10,16,18,20,26H,3,11-15H2,1-2H3. The van der Waals surface area contributed by atoms with Gasteiger partial charge < -0.3 is 14.1 Å². The van der Waals surface area contributed by atoms with Gasteiger partial charge in [-0.1, -0.05) is 30.3 Å². The van der Waals surface area contributed by atoms with Crippen LogP contribution in [0, 0.1) is 5.92 Å². The van der Waals surface area contributed by atoms with Crippen LogP contribution in [0.25, 0.3) is 11.1 Å². The van der Waals surface area contributed by atoms with Gasteiger partial charge in [0.05, 0.1) is 22.9 Å². The van der Waals surface area contributed by atoms with Crippen molar-refractivity contribution in [3.8, 4) is 0 Å². The molecule has 1 unspecified atom stereocenters. The SMILES string of the molecule is CCOC(=O)C1CCN(C(=O)C(Cc2ccccc2)NS(=O)(=O)c2ccc3c(c2)oc(=O)n3C)CC1. The Labute approximate surface area is 208 Å². The number of rotatable bonds is 8. The molecule has 1 saturated heterocycles. The summed E-state index contributed by atoms with van der Waals surface area (Å²) >= 11 is 0. The molecule has 1 fully saturated rings. The Hall–Kier alpha value is -3.44. The average molecular weight is 516 g/mol. The number of amides is 1. The van der Waals surface area contributed by atoms with Crippen LogP contribution in [-0.4, -0.2) is 55.5 Å². The smallest absolute Gasteiger partial charge is 0.419 e. The minimum absolute atomic E-state index is 0.115. The van der Waals surface area contributed by atoms with Crippen LogP contribution in [0.3, 0.4) is 0 Å². The summed E-state index contributed by atoms with van der Waals surface area (Å²) in [5, 5.41) is 0. The van der Waals surface area contributed by atoms with Crippen LogP contribution in [0.1, 0.15) is 25.3 Å². The summed E-state index contributed by atoms with van der Waals surface area (Å²) in [5.74, 6) is -1.51. The molecule has 1 N–H and O–H groups in total. The van der Waals surface area contributed by atoms with E-state index in [4.69, 9.17) is 9.15 Å². The summed E-state index contributed by atoms with van der Waals surface area (Å²) in [6.07, 6.45) is 1.07. The first-order chi connectivity index (χ1) is 17.2. The number of esters is 1. The summed E-state index contributed by atoms with van der Waals surface area (Å²) in [7, 11) is -2.60. The summed E-state index contributed by atoms with van der Waals surface area (Å²) in [5.41, 5.74) is 1.39. The summed E-state index contributed by atoms with van der Waals surface area (Å²) in [6.45, 7) is 2.71. The number of sulfonamides is 1. The Morgan fingerprint density at radius 2 is 1.83 bits per heavy atom. The number of aromatic nitrogens is 1. The van der Waals surface area contributed by atoms with Crippen molar-refractivity contribution in [3.05, 3.63) is 64.6 Å². The van der Waals surface area contributed by atoms with Crippen LogP contribution in [0.2, 0.25) is 0 Å². The number of benzene rings is 2. The van der Waals surface area contributed by atoms with E-state index in [9.17, 15) is 22.8 Å². The molecule has 11 heteroatoms. The molecule has 10 nitrogen and oxygen atoms in total. The second kappa shape index (κ2) is 10.7. The van der Waals surface area contributed by atoms with Gasteiger partial charge in [-0.05, 0) is 43.9 Å². The normalized spacial score (nSPS) is 15.7. The number of hydrogen-bond donors (Lipinski definition) is 1. The van der Waals surface area contributed by atoms with Gasteiger partial charge in [0.15, 0.2) is 5.58 Å². The average Bonchev–Trinajstić information content (AvgIpc) is 3.16. The highest BCUT2D eigenvalue weighted by Gasteiger charge is 2.34. The largest absolute Gasteiger partial charge is 0.466 e. The lowest BCUT2D eigenvalue weighted by Gasteiger charge is -2.33. The van der Waals surface area contributed by atoms with Crippen molar-refractivity contribution < 1.29 is 27.2 Å². The van der Waals surface area contributed by atoms with E-state index in [1.54, 1.807) is 11.8 Å². The van der Waals surface area contributed by atoms with E-state index in [1.807, 2.05) is 30.3 Å². The Bertz CT molecular complexity index is 1400. The molecular formula is C25H29N3O7S. The molecule has 1 aromatic heterocycles. The van der Waals surface area contributed by atoms with E-state index >= 15 is 0 Å². The second-order valence-electron chi connectivity index (χ2n) is 8.77. The third-order valence-electron chi connectivity index (χ3n) is 6.38. The molecule has 1 atom stereocenters. The van der Waals surface area contributed by atoms with Gasteiger partial charge >= 0.3 is 11.7 Å². The number of carbonyl (C=O) groups excluding carboxylic acids is 2. The lowest BCUT2D eigenvalue weighted by atomic mass is 9.96. The molecule has 2 aromatic carbocycles. The number of carbonyl (C=O) groups is 2. The number of hydrogen-bond acceptors (Lipinski definition) is 7. The zero-order chi connectivity index (χ0) is 25.9. The van der Waals surface area contributed by atoms with Crippen LogP contribution in [0.5, 0.6) is 0 Å². The lowest BCUT2D eigenvalue weighted by molar-refractivity contribution is -0.151. The van der Waals surface area contributed by atoms with Crippen LogP contribution in [0.15, 0.2) is 62.6 Å². The van der Waals surface area contributed by atoms with Crippen molar-refractivity contribution in [2.45, 2.75) is 37.1 Å². The molecule has 0 saturated carbocycles. The molecule has 0 spiro atoms. The molecule has 2 heterocycles. The molecule has 1 amide bonds. The molecule has 1 aliphatic rings. The monoisotopic (exact) mass is 515 g/mol. The quantitative estimate of drug-likeness (QED) is 0.453. The summed E-state index contributed by atoms with van der Waals surface area (Å²) in [4.78, 5) is 38.8. The number of likely N-dealkylation sites (tertiary alicyclic amines) is 1. The van der Waals surface area contributed by atoms with Crippen molar-refractivity contribution in [3.63, 3.8) is 0 Å². The Balaban J connectivity index is 1.56. The van der Waals surface area contributed by atoms with Gasteiger partial charge in [-0.15, -0.1) is 0 Å². The Kier molecular flexibility index (Phi) is 7.60. The van der Waals surface area contributed by atoms with Crippen LogP contribution in [-0.2, 0) is 37.8 Å². The molecule has 3 aromatic rings. The highest BCUT2D eigenvalue weighted by molar-refractivity contribution is 7.89. The zero-order valence-corrected chi connectivity index (χ0v) is 21.0. The van der Waals surface area contributed by atoms with Crippen molar-refractivity contribution in [2.75, 3.05) is 19.7 Å². The molecule has 4 rings (SSSR count). The third kappa shape index (κ3) is 5.52. The molecule has 192 valence electrons. The Morgan fingerprint density at radius 3 is 2.50 bits per heavy atom. The summed E-state index contributed by atoms with van der Waals surface area (Å²) in [6, 6.07) is 12.2. The zero-order valence-electron chi connectivity index (χ0n) is 20.2. The molecule has 0 radical (unpaired) electrons. The Morgan fingerprint density at radius 1 is 1.14 bits per heavy atom. The number of nitrogens with zero attached hydrogens (tertiary/aromatic N) is 2. The first-order valence-electron chi connectivity index (χ1n) is 11.8. The molecule has 0 bridgehead atoms. The first-order valence-corrected chi connectivity index (χ1v) is 13.3. The fraction of sp³-hybridized carbons (Fsp3) is 0.400. The minimum Gasteiger partial charge on any atom is -0.466 e. The number of ether oxygens (including phenoxy) is 1. The highest BCUT2D eigenvalue weighted by Crippen LogP contribution is 2.22. The number of oxazole rings is 1. The van der Waals surface area contributed by atoms with Gasteiger partial charge in [-0.25, -0.2) is 13.2 Å². The predicted octanol–water partition coefficient (Wildman–Crippen LogP) is 1.82. The van der Waals surface area contributed by atoms with E-state index < -0.39 is 21.8 Å². The first kappa shape index (κ1) is 25.6. The number of nitrogens with one attached hydrogen (secondary N) is 1. The molecular weight excluding hydrogens is 486 g/mol. The number of fused-ring (bicyclic) bond motifs is 1. The molecule has 36 heavy (non-hydrogen) atoms. The molecule has 1 aliphatic heterocycles. The van der Waals surface area contributed by atoms with Crippen LogP contribution in [0.4, 0.5) is 0 Å². The second-order valence-corrected chi connectivity index (χ2v) is 10.5. The van der Waals surface area contributed by atoms with Gasteiger partial charge in [-0.3, -0.25) is 14.2 Å². The van der Waals surface area contributed by atoms with Gasteiger partial charge in [0, 0.05) is 26.2 Å². The number of piperidine rings is 1. The predicted molar refractivity (Wildman–Crippen MR) is 132 cm³/mol. The maximum absolute atomic E-state index is 13.5. The van der Waals surface area contributed by atoms with Crippen molar-refractivity contribution >= 4 is 33.0 Å². The maximum Gasteiger partial charge on any atom is 0.419 e. The molecule has 0 aliphatic carbocycles. The minimum atomic E-state index is -4.13. The fourth-order valence-electron chi connectivity index (χ4n) is 4.38. The van der Waals surface area contributed by atoms with E-state index in [-0.39, 0.29) is 34.7 Å². The van der Waals surface area contributed by atoms with Crippen molar-refractivity contribution in [1.29, 1.82) is 0 Å². The lowest BCUT2D eigenvalue weighted by Crippen LogP contribution is -2.52. The van der Waals surface area contributed by atoms with E-state index in [2.05, 4.69) is 4.72 Å².